The first-order valence-electron chi connectivity index (χ1n) is 9.50. The van der Waals surface area contributed by atoms with Crippen LogP contribution in [0.15, 0.2) is 17.1 Å². The van der Waals surface area contributed by atoms with Gasteiger partial charge in [-0.15, -0.1) is 0 Å². The zero-order valence-electron chi connectivity index (χ0n) is 17.2. The second-order valence-electron chi connectivity index (χ2n) is 6.78. The summed E-state index contributed by atoms with van der Waals surface area (Å²) in [5, 5.41) is 6.76. The Labute approximate surface area is 167 Å². The van der Waals surface area contributed by atoms with Crippen LogP contribution in [0.4, 0.5) is 0 Å². The molecule has 1 aromatic carbocycles. The smallest absolute Gasteiger partial charge is 0.191 e. The molecule has 1 aliphatic rings. The Hall–Kier alpha value is -1.76. The number of nitrogens with one attached hydrogen (secondary N) is 2. The number of aliphatic imine (C=N–C) groups is 1. The predicted octanol–water partition coefficient (Wildman–Crippen LogP) is 3.10. The predicted molar refractivity (Wildman–Crippen MR) is 114 cm³/mol. The lowest BCUT2D eigenvalue weighted by Crippen LogP contribution is -2.39. The van der Waals surface area contributed by atoms with Crippen molar-refractivity contribution in [3.05, 3.63) is 17.7 Å². The molecule has 1 atom stereocenters. The summed E-state index contributed by atoms with van der Waals surface area (Å²) in [6.45, 7) is 6.80. The van der Waals surface area contributed by atoms with E-state index in [1.807, 2.05) is 23.9 Å². The maximum Gasteiger partial charge on any atom is 0.191 e. The number of thioether (sulfide) groups is 1. The molecule has 7 heteroatoms. The SMILES string of the molecule is CCNC(=NCC1(C)CCCS1)NCCc1c(OC)cc(OC)cc1OC. The van der Waals surface area contributed by atoms with Crippen LogP contribution in [0, 0.1) is 0 Å². The van der Waals surface area contributed by atoms with Crippen LogP contribution in [-0.2, 0) is 6.42 Å². The summed E-state index contributed by atoms with van der Waals surface area (Å²) < 4.78 is 16.6. The Morgan fingerprint density at radius 1 is 1.15 bits per heavy atom. The van der Waals surface area contributed by atoms with E-state index in [1.165, 1.54) is 18.6 Å². The number of ether oxygens (including phenoxy) is 3. The van der Waals surface area contributed by atoms with E-state index < -0.39 is 0 Å². The molecule has 0 saturated carbocycles. The van der Waals surface area contributed by atoms with Gasteiger partial charge < -0.3 is 24.8 Å². The molecular weight excluding hydrogens is 362 g/mol. The third-order valence-corrected chi connectivity index (χ3v) is 6.22. The van der Waals surface area contributed by atoms with Crippen molar-refractivity contribution in [2.45, 2.75) is 37.9 Å². The molecule has 0 aromatic heterocycles. The minimum atomic E-state index is 0.269. The fourth-order valence-electron chi connectivity index (χ4n) is 3.18. The molecule has 1 heterocycles. The minimum absolute atomic E-state index is 0.269. The average molecular weight is 396 g/mol. The van der Waals surface area contributed by atoms with Crippen molar-refractivity contribution in [1.29, 1.82) is 0 Å². The van der Waals surface area contributed by atoms with Crippen LogP contribution in [0.3, 0.4) is 0 Å². The molecule has 1 unspecified atom stereocenters. The molecule has 1 aliphatic heterocycles. The van der Waals surface area contributed by atoms with Crippen molar-refractivity contribution in [3.8, 4) is 17.2 Å². The van der Waals surface area contributed by atoms with Gasteiger partial charge in [-0.3, -0.25) is 4.99 Å². The first-order valence-corrected chi connectivity index (χ1v) is 10.5. The van der Waals surface area contributed by atoms with E-state index in [9.17, 15) is 0 Å². The Morgan fingerprint density at radius 3 is 2.37 bits per heavy atom. The molecule has 1 fully saturated rings. The van der Waals surface area contributed by atoms with Gasteiger partial charge >= 0.3 is 0 Å². The van der Waals surface area contributed by atoms with Gasteiger partial charge in [-0.25, -0.2) is 0 Å². The number of guanidine groups is 1. The fraction of sp³-hybridized carbons (Fsp3) is 0.650. The number of benzene rings is 1. The van der Waals surface area contributed by atoms with Crippen molar-refractivity contribution in [3.63, 3.8) is 0 Å². The summed E-state index contributed by atoms with van der Waals surface area (Å²) in [6.07, 6.45) is 3.28. The van der Waals surface area contributed by atoms with E-state index >= 15 is 0 Å². The van der Waals surface area contributed by atoms with Gasteiger partial charge in [0, 0.05) is 35.5 Å². The molecule has 0 bridgehead atoms. The first kappa shape index (κ1) is 21.5. The molecule has 2 rings (SSSR count). The summed E-state index contributed by atoms with van der Waals surface area (Å²) >= 11 is 2.03. The van der Waals surface area contributed by atoms with Crippen LogP contribution < -0.4 is 24.8 Å². The largest absolute Gasteiger partial charge is 0.496 e. The highest BCUT2D eigenvalue weighted by Crippen LogP contribution is 2.37. The van der Waals surface area contributed by atoms with Gasteiger partial charge in [0.05, 0.1) is 27.9 Å². The third-order valence-electron chi connectivity index (χ3n) is 4.70. The van der Waals surface area contributed by atoms with E-state index in [-0.39, 0.29) is 4.75 Å². The van der Waals surface area contributed by atoms with E-state index in [0.717, 1.165) is 54.8 Å². The van der Waals surface area contributed by atoms with Gasteiger partial charge in [0.1, 0.15) is 17.2 Å². The molecule has 6 nitrogen and oxygen atoms in total. The highest BCUT2D eigenvalue weighted by Gasteiger charge is 2.29. The van der Waals surface area contributed by atoms with Crippen molar-refractivity contribution in [2.24, 2.45) is 4.99 Å². The monoisotopic (exact) mass is 395 g/mol. The van der Waals surface area contributed by atoms with E-state index in [2.05, 4.69) is 24.5 Å². The third kappa shape index (κ3) is 6.13. The van der Waals surface area contributed by atoms with Gasteiger partial charge in [0.15, 0.2) is 5.96 Å². The van der Waals surface area contributed by atoms with Crippen LogP contribution in [0.2, 0.25) is 0 Å². The van der Waals surface area contributed by atoms with Crippen molar-refractivity contribution in [2.75, 3.05) is 46.7 Å². The van der Waals surface area contributed by atoms with Crippen LogP contribution in [0.1, 0.15) is 32.3 Å². The number of methoxy groups -OCH3 is 3. The average Bonchev–Trinajstić information content (AvgIpc) is 3.12. The zero-order valence-corrected chi connectivity index (χ0v) is 18.0. The Bertz CT molecular complexity index is 606. The normalized spacial score (nSPS) is 19.7. The number of hydrogen-bond acceptors (Lipinski definition) is 5. The molecule has 27 heavy (non-hydrogen) atoms. The van der Waals surface area contributed by atoms with Crippen molar-refractivity contribution >= 4 is 17.7 Å². The maximum atomic E-state index is 5.53. The fourth-order valence-corrected chi connectivity index (χ4v) is 4.41. The number of rotatable bonds is 9. The molecular formula is C20H33N3O3S. The summed E-state index contributed by atoms with van der Waals surface area (Å²) in [5.74, 6) is 4.36. The van der Waals surface area contributed by atoms with Gasteiger partial charge in [-0.1, -0.05) is 0 Å². The van der Waals surface area contributed by atoms with Crippen LogP contribution in [0.25, 0.3) is 0 Å². The van der Waals surface area contributed by atoms with Gasteiger partial charge in [0.25, 0.3) is 0 Å². The summed E-state index contributed by atoms with van der Waals surface area (Å²) in [5.41, 5.74) is 1.02. The second-order valence-corrected chi connectivity index (χ2v) is 8.47. The molecule has 1 aromatic rings. The van der Waals surface area contributed by atoms with E-state index in [4.69, 9.17) is 19.2 Å². The van der Waals surface area contributed by atoms with Crippen LogP contribution in [-0.4, -0.2) is 57.4 Å². The van der Waals surface area contributed by atoms with E-state index in [0.29, 0.717) is 0 Å². The highest BCUT2D eigenvalue weighted by atomic mass is 32.2. The van der Waals surface area contributed by atoms with Crippen LogP contribution in [0.5, 0.6) is 17.2 Å². The lowest BCUT2D eigenvalue weighted by atomic mass is 10.1. The Kier molecular flexibility index (Phi) is 8.41. The van der Waals surface area contributed by atoms with Gasteiger partial charge in [-0.2, -0.15) is 11.8 Å². The van der Waals surface area contributed by atoms with Gasteiger partial charge in [-0.05, 0) is 38.9 Å². The van der Waals surface area contributed by atoms with Gasteiger partial charge in [0.2, 0.25) is 0 Å². The van der Waals surface area contributed by atoms with Crippen molar-refractivity contribution < 1.29 is 14.2 Å². The first-order chi connectivity index (χ1) is 13.0. The number of hydrogen-bond donors (Lipinski definition) is 2. The zero-order chi connectivity index (χ0) is 19.7. The van der Waals surface area contributed by atoms with Crippen molar-refractivity contribution in [1.82, 2.24) is 10.6 Å². The number of nitrogens with zero attached hydrogens (tertiary/aromatic N) is 1. The summed E-state index contributed by atoms with van der Waals surface area (Å²) in [7, 11) is 4.96. The van der Waals surface area contributed by atoms with E-state index in [1.54, 1.807) is 21.3 Å². The molecule has 0 radical (unpaired) electrons. The topological polar surface area (TPSA) is 64.1 Å². The molecule has 0 amide bonds. The quantitative estimate of drug-likeness (QED) is 0.495. The minimum Gasteiger partial charge on any atom is -0.496 e. The Balaban J connectivity index is 2.01. The molecule has 0 aliphatic carbocycles. The summed E-state index contributed by atoms with van der Waals surface area (Å²) in [4.78, 5) is 4.80. The maximum absolute atomic E-state index is 5.53. The van der Waals surface area contributed by atoms with Crippen LogP contribution >= 0.6 is 11.8 Å². The molecule has 0 spiro atoms. The Morgan fingerprint density at radius 2 is 1.85 bits per heavy atom. The molecule has 1 saturated heterocycles. The molecule has 152 valence electrons. The lowest BCUT2D eigenvalue weighted by molar-refractivity contribution is 0.368. The standard InChI is InChI=1S/C20H33N3O3S/c1-6-21-19(23-14-20(2)9-7-11-27-20)22-10-8-16-17(25-4)12-15(24-3)13-18(16)26-5/h12-13H,6-11,14H2,1-5H3,(H2,21,22,23). The lowest BCUT2D eigenvalue weighted by Gasteiger charge is -2.21. The highest BCUT2D eigenvalue weighted by molar-refractivity contribution is 8.00. The molecule has 2 N–H and O–H groups in total. The summed E-state index contributed by atoms with van der Waals surface area (Å²) in [6, 6.07) is 3.77. The second kappa shape index (κ2) is 10.5.